The van der Waals surface area contributed by atoms with Gasteiger partial charge in [-0.1, -0.05) is 18.2 Å². The number of rotatable bonds is 5. The predicted molar refractivity (Wildman–Crippen MR) is 133 cm³/mol. The number of methoxy groups -OCH3 is 1. The van der Waals surface area contributed by atoms with Gasteiger partial charge in [0, 0.05) is 30.3 Å². The van der Waals surface area contributed by atoms with E-state index in [1.165, 1.54) is 19.2 Å². The number of aryl methyl sites for hydroxylation is 1. The fraction of sp³-hybridized carbons (Fsp3) is 0.154. The zero-order valence-corrected chi connectivity index (χ0v) is 19.8. The highest BCUT2D eigenvalue weighted by Gasteiger charge is 2.18. The van der Waals surface area contributed by atoms with Crippen molar-refractivity contribution in [3.8, 4) is 11.1 Å². The maximum absolute atomic E-state index is 13.6. The molecule has 0 aliphatic heterocycles. The summed E-state index contributed by atoms with van der Waals surface area (Å²) in [6.07, 6.45) is 2.87. The second kappa shape index (κ2) is 9.14. The third-order valence-corrected chi connectivity index (χ3v) is 6.00. The van der Waals surface area contributed by atoms with Crippen molar-refractivity contribution in [2.75, 3.05) is 12.4 Å². The molecule has 5 rings (SSSR count). The summed E-state index contributed by atoms with van der Waals surface area (Å²) in [6, 6.07) is 15.4. The molecule has 9 nitrogen and oxygen atoms in total. The Kier molecular flexibility index (Phi) is 5.85. The quantitative estimate of drug-likeness (QED) is 0.375. The largest absolute Gasteiger partial charge is 0.453 e. The number of nitrogens with zero attached hydrogens (tertiary/aromatic N) is 4. The van der Waals surface area contributed by atoms with E-state index in [0.29, 0.717) is 16.8 Å². The lowest BCUT2D eigenvalue weighted by atomic mass is 10.0. The van der Waals surface area contributed by atoms with Crippen LogP contribution in [0.5, 0.6) is 0 Å². The number of hydrogen-bond acceptors (Lipinski definition) is 5. The van der Waals surface area contributed by atoms with E-state index in [9.17, 15) is 14.0 Å². The van der Waals surface area contributed by atoms with Crippen molar-refractivity contribution < 1.29 is 18.7 Å². The Morgan fingerprint density at radius 3 is 2.67 bits per heavy atom. The predicted octanol–water partition coefficient (Wildman–Crippen LogP) is 4.70. The second-order valence-electron chi connectivity index (χ2n) is 8.41. The first-order valence-corrected chi connectivity index (χ1v) is 11.2. The average molecular weight is 487 g/mol. The summed E-state index contributed by atoms with van der Waals surface area (Å²) in [4.78, 5) is 29.0. The van der Waals surface area contributed by atoms with Gasteiger partial charge in [-0.3, -0.25) is 10.1 Å². The molecule has 0 saturated heterocycles. The number of amides is 2. The first kappa shape index (κ1) is 23.0. The Morgan fingerprint density at radius 1 is 1.08 bits per heavy atom. The van der Waals surface area contributed by atoms with Crippen molar-refractivity contribution in [1.29, 1.82) is 0 Å². The number of carbonyl (C=O) groups excluding carboxylic acids is 2. The molecule has 36 heavy (non-hydrogen) atoms. The van der Waals surface area contributed by atoms with Crippen LogP contribution in [0.1, 0.15) is 28.9 Å². The number of hydrogen-bond donors (Lipinski definition) is 2. The van der Waals surface area contributed by atoms with Crippen LogP contribution in [0.15, 0.2) is 67.0 Å². The van der Waals surface area contributed by atoms with Crippen LogP contribution in [0.25, 0.3) is 27.7 Å². The van der Waals surface area contributed by atoms with E-state index in [2.05, 4.69) is 25.5 Å². The minimum Gasteiger partial charge on any atom is -0.453 e. The third-order valence-electron chi connectivity index (χ3n) is 6.00. The van der Waals surface area contributed by atoms with Crippen LogP contribution < -0.4 is 10.6 Å². The molecule has 0 bridgehead atoms. The van der Waals surface area contributed by atoms with Crippen molar-refractivity contribution in [1.82, 2.24) is 24.5 Å². The van der Waals surface area contributed by atoms with E-state index < -0.39 is 6.09 Å². The van der Waals surface area contributed by atoms with Crippen LogP contribution in [0, 0.1) is 5.82 Å². The number of carbonyl (C=O) groups is 2. The molecule has 0 saturated carbocycles. The Labute approximate surface area is 205 Å². The minimum absolute atomic E-state index is 0.129. The lowest BCUT2D eigenvalue weighted by Crippen LogP contribution is -2.26. The summed E-state index contributed by atoms with van der Waals surface area (Å²) in [5.41, 5.74) is 4.39. The van der Waals surface area contributed by atoms with Gasteiger partial charge in [0.1, 0.15) is 5.82 Å². The summed E-state index contributed by atoms with van der Waals surface area (Å²) in [6.45, 7) is 1.82. The van der Waals surface area contributed by atoms with Crippen molar-refractivity contribution in [2.45, 2.75) is 13.0 Å². The van der Waals surface area contributed by atoms with Gasteiger partial charge in [0.2, 0.25) is 0 Å². The second-order valence-corrected chi connectivity index (χ2v) is 8.41. The molecule has 2 N–H and O–H groups in total. The van der Waals surface area contributed by atoms with Gasteiger partial charge in [-0.15, -0.1) is 5.10 Å². The van der Waals surface area contributed by atoms with Gasteiger partial charge in [0.25, 0.3) is 11.9 Å². The SMILES string of the molecule is COC(=O)Nc1nc2cc(-c3ccc4c(c3)c(C(=O)N[C@@H](C)c3cccc(F)c3)cn4C)ccn2n1. The van der Waals surface area contributed by atoms with E-state index in [4.69, 9.17) is 0 Å². The Bertz CT molecular complexity index is 1620. The monoisotopic (exact) mass is 486 g/mol. The molecule has 0 aliphatic rings. The third kappa shape index (κ3) is 4.36. The van der Waals surface area contributed by atoms with Gasteiger partial charge in [0.15, 0.2) is 5.65 Å². The fourth-order valence-electron chi connectivity index (χ4n) is 4.14. The maximum atomic E-state index is 13.6. The van der Waals surface area contributed by atoms with E-state index in [0.717, 1.165) is 22.0 Å². The van der Waals surface area contributed by atoms with E-state index >= 15 is 0 Å². The zero-order chi connectivity index (χ0) is 25.4. The lowest BCUT2D eigenvalue weighted by Gasteiger charge is -2.14. The standard InChI is InChI=1S/C26H23FN6O3/c1-15(16-5-4-6-19(27)11-16)28-24(34)21-14-32(2)22-8-7-17(12-20(21)22)18-9-10-33-23(13-18)29-25(31-33)30-26(35)36-3/h4-15H,1-3H3,(H,28,34)(H,30,31,35)/t15-/m0/s1. The number of benzene rings is 2. The molecule has 10 heteroatoms. The number of nitrogens with one attached hydrogen (secondary N) is 2. The molecule has 182 valence electrons. The van der Waals surface area contributed by atoms with E-state index in [-0.39, 0.29) is 23.7 Å². The van der Waals surface area contributed by atoms with Gasteiger partial charge in [-0.05, 0) is 60.0 Å². The fourth-order valence-corrected chi connectivity index (χ4v) is 4.14. The highest BCUT2D eigenvalue weighted by Crippen LogP contribution is 2.29. The number of halogens is 1. The summed E-state index contributed by atoms with van der Waals surface area (Å²) in [5, 5.41) is 10.4. The Balaban J connectivity index is 1.46. The molecule has 0 radical (unpaired) electrons. The average Bonchev–Trinajstić information content (AvgIpc) is 3.43. The molecule has 0 spiro atoms. The molecule has 2 amide bonds. The number of ether oxygens (including phenoxy) is 1. The van der Waals surface area contributed by atoms with Crippen molar-refractivity contribution in [3.63, 3.8) is 0 Å². The molecule has 3 aromatic heterocycles. The van der Waals surface area contributed by atoms with Gasteiger partial charge in [-0.25, -0.2) is 13.7 Å². The van der Waals surface area contributed by atoms with Crippen LogP contribution in [0.3, 0.4) is 0 Å². The van der Waals surface area contributed by atoms with Crippen LogP contribution >= 0.6 is 0 Å². The number of fused-ring (bicyclic) bond motifs is 2. The van der Waals surface area contributed by atoms with Gasteiger partial charge in [0.05, 0.1) is 18.7 Å². The highest BCUT2D eigenvalue weighted by molar-refractivity contribution is 6.08. The lowest BCUT2D eigenvalue weighted by molar-refractivity contribution is 0.0941. The molecule has 3 heterocycles. The first-order chi connectivity index (χ1) is 17.3. The van der Waals surface area contributed by atoms with Gasteiger partial charge < -0.3 is 14.6 Å². The maximum Gasteiger partial charge on any atom is 0.413 e. The molecular formula is C26H23FN6O3. The number of aromatic nitrogens is 4. The first-order valence-electron chi connectivity index (χ1n) is 11.2. The van der Waals surface area contributed by atoms with Crippen LogP contribution in [-0.4, -0.2) is 38.3 Å². The summed E-state index contributed by atoms with van der Waals surface area (Å²) < 4.78 is 21.6. The summed E-state index contributed by atoms with van der Waals surface area (Å²) in [7, 11) is 3.15. The molecule has 0 unspecified atom stereocenters. The molecule has 2 aromatic carbocycles. The van der Waals surface area contributed by atoms with E-state index in [1.807, 2.05) is 48.9 Å². The van der Waals surface area contributed by atoms with Gasteiger partial charge in [-0.2, -0.15) is 4.98 Å². The van der Waals surface area contributed by atoms with Crippen LogP contribution in [0.4, 0.5) is 15.1 Å². The summed E-state index contributed by atoms with van der Waals surface area (Å²) >= 11 is 0. The van der Waals surface area contributed by atoms with E-state index in [1.54, 1.807) is 29.0 Å². The molecule has 0 aliphatic carbocycles. The Hall–Kier alpha value is -4.73. The molecule has 5 aromatic rings. The molecular weight excluding hydrogens is 463 g/mol. The van der Waals surface area contributed by atoms with Crippen LogP contribution in [0.2, 0.25) is 0 Å². The molecule has 1 atom stereocenters. The van der Waals surface area contributed by atoms with Gasteiger partial charge >= 0.3 is 6.09 Å². The van der Waals surface area contributed by atoms with Crippen molar-refractivity contribution >= 4 is 34.5 Å². The highest BCUT2D eigenvalue weighted by atomic mass is 19.1. The Morgan fingerprint density at radius 2 is 1.89 bits per heavy atom. The normalized spacial score (nSPS) is 12.0. The molecule has 0 fully saturated rings. The van der Waals surface area contributed by atoms with Crippen molar-refractivity contribution in [3.05, 3.63) is 83.9 Å². The van der Waals surface area contributed by atoms with Crippen LogP contribution in [-0.2, 0) is 11.8 Å². The minimum atomic E-state index is -0.654. The topological polar surface area (TPSA) is 103 Å². The number of anilines is 1. The summed E-state index contributed by atoms with van der Waals surface area (Å²) in [5.74, 6) is -0.467. The zero-order valence-electron chi connectivity index (χ0n) is 19.8. The van der Waals surface area contributed by atoms with Crippen molar-refractivity contribution in [2.24, 2.45) is 7.05 Å². The smallest absolute Gasteiger partial charge is 0.413 e. The number of pyridine rings is 1.